The minimum Gasteiger partial charge on any atom is -0.350 e. The molecule has 0 radical (unpaired) electrons. The lowest BCUT2D eigenvalue weighted by Gasteiger charge is -2.17. The molecule has 1 aliphatic carbocycles. The van der Waals surface area contributed by atoms with Gasteiger partial charge in [-0.1, -0.05) is 18.2 Å². The quantitative estimate of drug-likeness (QED) is 0.720. The summed E-state index contributed by atoms with van der Waals surface area (Å²) < 4.78 is 2.04. The second-order valence-corrected chi connectivity index (χ2v) is 5.86. The lowest BCUT2D eigenvalue weighted by molar-refractivity contribution is -0.388. The molecule has 0 fully saturated rings. The third kappa shape index (κ3) is 1.90. The van der Waals surface area contributed by atoms with Crippen molar-refractivity contribution in [2.45, 2.75) is 19.3 Å². The standard InChI is InChI=1S/C17H17N3O/c1-20-9-13(12-4-2-3-5-16(12)20)17(21)11-6-7-14-15(8-11)19-10-18-14/h2-5,9-11H,6-8H2,1H3,(H,18,19)/p+1/t11-/m1/s1. The highest BCUT2D eigenvalue weighted by Crippen LogP contribution is 2.28. The molecule has 0 bridgehead atoms. The van der Waals surface area contributed by atoms with Crippen molar-refractivity contribution in [1.82, 2.24) is 9.55 Å². The number of H-pyrrole nitrogens is 2. The molecular formula is C17H18N3O+. The van der Waals surface area contributed by atoms with Gasteiger partial charge in [0.2, 0.25) is 6.33 Å². The molecule has 0 unspecified atom stereocenters. The third-order valence-corrected chi connectivity index (χ3v) is 4.58. The van der Waals surface area contributed by atoms with E-state index in [0.717, 1.165) is 35.7 Å². The van der Waals surface area contributed by atoms with Crippen LogP contribution >= 0.6 is 0 Å². The molecule has 1 aromatic carbocycles. The Hall–Kier alpha value is -2.36. The number of fused-ring (bicyclic) bond motifs is 2. The summed E-state index contributed by atoms with van der Waals surface area (Å²) >= 11 is 0. The maximum absolute atomic E-state index is 12.9. The zero-order chi connectivity index (χ0) is 14.4. The Morgan fingerprint density at radius 3 is 3.14 bits per heavy atom. The number of aromatic amines is 2. The number of aromatic nitrogens is 3. The van der Waals surface area contributed by atoms with Crippen molar-refractivity contribution in [3.8, 4) is 0 Å². The van der Waals surface area contributed by atoms with Crippen LogP contribution in [0.2, 0.25) is 0 Å². The van der Waals surface area contributed by atoms with E-state index in [4.69, 9.17) is 0 Å². The normalized spacial score (nSPS) is 17.9. The van der Waals surface area contributed by atoms with Gasteiger partial charge in [0.25, 0.3) is 0 Å². The molecule has 0 aliphatic heterocycles. The van der Waals surface area contributed by atoms with Gasteiger partial charge in [-0.05, 0) is 12.5 Å². The zero-order valence-electron chi connectivity index (χ0n) is 12.0. The van der Waals surface area contributed by atoms with Gasteiger partial charge in [0.15, 0.2) is 5.78 Å². The molecule has 0 amide bonds. The van der Waals surface area contributed by atoms with Crippen molar-refractivity contribution in [3.05, 3.63) is 53.7 Å². The highest BCUT2D eigenvalue weighted by atomic mass is 16.1. The van der Waals surface area contributed by atoms with Crippen molar-refractivity contribution in [1.29, 1.82) is 0 Å². The molecule has 21 heavy (non-hydrogen) atoms. The molecule has 1 atom stereocenters. The Morgan fingerprint density at radius 1 is 1.38 bits per heavy atom. The molecule has 0 saturated carbocycles. The fraction of sp³-hybridized carbons (Fsp3) is 0.294. The summed E-state index contributed by atoms with van der Waals surface area (Å²) in [6.45, 7) is 0. The van der Waals surface area contributed by atoms with E-state index in [1.165, 1.54) is 11.4 Å². The number of imidazole rings is 1. The van der Waals surface area contributed by atoms with Crippen LogP contribution in [0.15, 0.2) is 36.8 Å². The number of nitrogens with zero attached hydrogens (tertiary/aromatic N) is 1. The number of carbonyl (C=O) groups excluding carboxylic acids is 1. The Bertz CT molecular complexity index is 828. The summed E-state index contributed by atoms with van der Waals surface area (Å²) in [5.41, 5.74) is 4.40. The van der Waals surface area contributed by atoms with Gasteiger partial charge in [-0.2, -0.15) is 0 Å². The molecule has 2 N–H and O–H groups in total. The largest absolute Gasteiger partial charge is 0.350 e. The Morgan fingerprint density at radius 2 is 2.24 bits per heavy atom. The first kappa shape index (κ1) is 12.4. The van der Waals surface area contributed by atoms with Crippen LogP contribution in [0.3, 0.4) is 0 Å². The first-order valence-corrected chi connectivity index (χ1v) is 7.39. The Kier molecular flexibility index (Phi) is 2.70. The Balaban J connectivity index is 1.71. The molecule has 0 saturated heterocycles. The van der Waals surface area contributed by atoms with Gasteiger partial charge < -0.3 is 4.57 Å². The van der Waals surface area contributed by atoms with Crippen molar-refractivity contribution in [2.24, 2.45) is 13.0 Å². The van der Waals surface area contributed by atoms with Gasteiger partial charge in [0.1, 0.15) is 11.4 Å². The minimum absolute atomic E-state index is 0.0790. The molecule has 4 rings (SSSR count). The highest BCUT2D eigenvalue weighted by Gasteiger charge is 2.30. The summed E-state index contributed by atoms with van der Waals surface area (Å²) in [5.74, 6) is 0.349. The van der Waals surface area contributed by atoms with Crippen LogP contribution in [-0.2, 0) is 19.9 Å². The molecule has 4 nitrogen and oxygen atoms in total. The minimum atomic E-state index is 0.0790. The molecule has 4 heteroatoms. The van der Waals surface area contributed by atoms with Crippen molar-refractivity contribution in [2.75, 3.05) is 0 Å². The first-order chi connectivity index (χ1) is 10.2. The van der Waals surface area contributed by atoms with E-state index in [9.17, 15) is 4.79 Å². The third-order valence-electron chi connectivity index (χ3n) is 4.58. The van der Waals surface area contributed by atoms with Gasteiger partial charge in [-0.25, -0.2) is 9.97 Å². The molecule has 2 aromatic heterocycles. The summed E-state index contributed by atoms with van der Waals surface area (Å²) in [7, 11) is 2.00. The average Bonchev–Trinajstić information content (AvgIpc) is 3.11. The van der Waals surface area contributed by atoms with Crippen LogP contribution in [0.5, 0.6) is 0 Å². The van der Waals surface area contributed by atoms with Crippen LogP contribution in [0.25, 0.3) is 10.9 Å². The van der Waals surface area contributed by atoms with E-state index < -0.39 is 0 Å². The summed E-state index contributed by atoms with van der Waals surface area (Å²) in [5, 5.41) is 1.06. The molecule has 106 valence electrons. The van der Waals surface area contributed by atoms with E-state index in [1.54, 1.807) is 0 Å². The number of nitrogens with one attached hydrogen (secondary N) is 2. The van der Waals surface area contributed by atoms with Gasteiger partial charge in [0, 0.05) is 48.5 Å². The number of hydrogen-bond acceptors (Lipinski definition) is 1. The van der Waals surface area contributed by atoms with Crippen LogP contribution in [0, 0.1) is 5.92 Å². The molecule has 0 spiro atoms. The highest BCUT2D eigenvalue weighted by molar-refractivity contribution is 6.09. The molecule has 2 heterocycles. The van der Waals surface area contributed by atoms with E-state index in [2.05, 4.69) is 16.0 Å². The molecular weight excluding hydrogens is 262 g/mol. The van der Waals surface area contributed by atoms with Crippen LogP contribution in [-0.4, -0.2) is 15.3 Å². The number of para-hydroxylation sites is 1. The number of carbonyl (C=O) groups is 1. The van der Waals surface area contributed by atoms with Crippen LogP contribution in [0.4, 0.5) is 0 Å². The fourth-order valence-corrected chi connectivity index (χ4v) is 3.44. The van der Waals surface area contributed by atoms with E-state index in [1.807, 2.05) is 42.3 Å². The SMILES string of the molecule is Cn1cc(C(=O)[C@@H]2CCc3[nH+]c[nH]c3C2)c2ccccc21. The summed E-state index contributed by atoms with van der Waals surface area (Å²) in [6, 6.07) is 8.11. The summed E-state index contributed by atoms with van der Waals surface area (Å²) in [4.78, 5) is 19.4. The summed E-state index contributed by atoms with van der Waals surface area (Å²) in [6.07, 6.45) is 6.50. The molecule has 1 aliphatic rings. The molecule has 3 aromatic rings. The van der Waals surface area contributed by atoms with Gasteiger partial charge in [-0.3, -0.25) is 4.79 Å². The number of Topliss-reactive ketones (excluding diaryl/α,β-unsaturated/α-hetero) is 1. The number of hydrogen-bond donors (Lipinski definition) is 1. The van der Waals surface area contributed by atoms with E-state index in [0.29, 0.717) is 0 Å². The maximum atomic E-state index is 12.9. The Labute approximate surface area is 122 Å². The number of ketones is 1. The lowest BCUT2D eigenvalue weighted by Crippen LogP contribution is -2.24. The van der Waals surface area contributed by atoms with E-state index in [-0.39, 0.29) is 11.7 Å². The number of benzene rings is 1. The predicted octanol–water partition coefficient (Wildman–Crippen LogP) is 2.31. The first-order valence-electron chi connectivity index (χ1n) is 7.39. The second-order valence-electron chi connectivity index (χ2n) is 5.86. The monoisotopic (exact) mass is 280 g/mol. The van der Waals surface area contributed by atoms with Crippen LogP contribution < -0.4 is 4.98 Å². The lowest BCUT2D eigenvalue weighted by atomic mass is 9.84. The number of aryl methyl sites for hydroxylation is 2. The maximum Gasteiger partial charge on any atom is 0.239 e. The van der Waals surface area contributed by atoms with Crippen molar-refractivity contribution >= 4 is 16.7 Å². The predicted molar refractivity (Wildman–Crippen MR) is 80.1 cm³/mol. The van der Waals surface area contributed by atoms with Gasteiger partial charge in [0.05, 0.1) is 0 Å². The topological polar surface area (TPSA) is 51.9 Å². The van der Waals surface area contributed by atoms with E-state index >= 15 is 0 Å². The van der Waals surface area contributed by atoms with Crippen LogP contribution in [0.1, 0.15) is 28.2 Å². The average molecular weight is 280 g/mol. The fourth-order valence-electron chi connectivity index (χ4n) is 3.44. The zero-order valence-corrected chi connectivity index (χ0v) is 12.0. The van der Waals surface area contributed by atoms with Crippen molar-refractivity contribution < 1.29 is 9.78 Å². The van der Waals surface area contributed by atoms with Gasteiger partial charge in [-0.15, -0.1) is 0 Å². The van der Waals surface area contributed by atoms with Gasteiger partial charge >= 0.3 is 0 Å². The second kappa shape index (κ2) is 4.58. The smallest absolute Gasteiger partial charge is 0.239 e. The number of rotatable bonds is 2. The van der Waals surface area contributed by atoms with Crippen molar-refractivity contribution in [3.63, 3.8) is 0 Å².